The van der Waals surface area contributed by atoms with E-state index in [2.05, 4.69) is 4.98 Å². The van der Waals surface area contributed by atoms with Crippen molar-refractivity contribution in [3.05, 3.63) is 36.3 Å². The Kier molecular flexibility index (Phi) is 2.67. The van der Waals surface area contributed by atoms with E-state index in [1.165, 1.54) is 12.3 Å². The average molecular weight is 207 g/mol. The Morgan fingerprint density at radius 3 is 2.93 bits per heavy atom. The lowest BCUT2D eigenvalue weighted by atomic mass is 10.2. The zero-order chi connectivity index (χ0) is 10.7. The molecule has 0 N–H and O–H groups in total. The minimum Gasteiger partial charge on any atom is -0.464 e. The van der Waals surface area contributed by atoms with Gasteiger partial charge >= 0.3 is 5.95 Å². The first-order valence-electron chi connectivity index (χ1n) is 4.64. The highest BCUT2D eigenvalue weighted by Crippen LogP contribution is 2.24. The molecule has 1 heterocycles. The molecule has 0 aliphatic rings. The minimum absolute atomic E-state index is 0.233. The second-order valence-corrected chi connectivity index (χ2v) is 2.90. The standard InChI is InChI=1S/C11H10FNO2/c1-2-14-10-7-13-11(15-10)8-5-3-4-6-9(8)12/h3-7H,2H2,1H3. The zero-order valence-electron chi connectivity index (χ0n) is 8.24. The van der Waals surface area contributed by atoms with Gasteiger partial charge in [0.1, 0.15) is 12.0 Å². The lowest BCUT2D eigenvalue weighted by Crippen LogP contribution is -1.88. The number of benzene rings is 1. The van der Waals surface area contributed by atoms with Crippen molar-refractivity contribution >= 4 is 0 Å². The molecule has 0 saturated carbocycles. The molecule has 0 fully saturated rings. The van der Waals surface area contributed by atoms with Crippen LogP contribution in [0.15, 0.2) is 34.9 Å². The van der Waals surface area contributed by atoms with Crippen molar-refractivity contribution in [2.24, 2.45) is 0 Å². The smallest absolute Gasteiger partial charge is 0.305 e. The molecule has 1 aromatic heterocycles. The van der Waals surface area contributed by atoms with Crippen LogP contribution in [-0.2, 0) is 0 Å². The summed E-state index contributed by atoms with van der Waals surface area (Å²) in [5.74, 6) is 0.176. The lowest BCUT2D eigenvalue weighted by molar-refractivity contribution is 0.260. The third kappa shape index (κ3) is 1.98. The van der Waals surface area contributed by atoms with Gasteiger partial charge in [0.15, 0.2) is 0 Å². The summed E-state index contributed by atoms with van der Waals surface area (Å²) in [6.45, 7) is 2.33. The monoisotopic (exact) mass is 207 g/mol. The third-order valence-electron chi connectivity index (χ3n) is 1.88. The SMILES string of the molecule is CCOc1cnc(-c2ccccc2F)o1. The number of oxazole rings is 1. The van der Waals surface area contributed by atoms with Gasteiger partial charge in [-0.05, 0) is 19.1 Å². The molecule has 1 aromatic carbocycles. The maximum atomic E-state index is 13.3. The van der Waals surface area contributed by atoms with Crippen molar-refractivity contribution in [3.63, 3.8) is 0 Å². The fourth-order valence-electron chi connectivity index (χ4n) is 1.23. The molecule has 3 nitrogen and oxygen atoms in total. The number of ether oxygens (including phenoxy) is 1. The first-order valence-corrected chi connectivity index (χ1v) is 4.64. The van der Waals surface area contributed by atoms with Crippen LogP contribution in [0.5, 0.6) is 5.95 Å². The van der Waals surface area contributed by atoms with Crippen molar-refractivity contribution < 1.29 is 13.5 Å². The minimum atomic E-state index is -0.359. The van der Waals surface area contributed by atoms with Crippen LogP contribution in [0.3, 0.4) is 0 Å². The van der Waals surface area contributed by atoms with Crippen molar-refractivity contribution in [2.75, 3.05) is 6.61 Å². The van der Waals surface area contributed by atoms with Gasteiger partial charge in [0, 0.05) is 0 Å². The third-order valence-corrected chi connectivity index (χ3v) is 1.88. The molecule has 0 aliphatic heterocycles. The number of aromatic nitrogens is 1. The second kappa shape index (κ2) is 4.13. The van der Waals surface area contributed by atoms with E-state index in [1.807, 2.05) is 6.92 Å². The van der Waals surface area contributed by atoms with Gasteiger partial charge in [0.05, 0.1) is 12.2 Å². The Balaban J connectivity index is 2.33. The van der Waals surface area contributed by atoms with E-state index in [0.717, 1.165) is 0 Å². The van der Waals surface area contributed by atoms with Gasteiger partial charge in [-0.1, -0.05) is 12.1 Å². The maximum absolute atomic E-state index is 13.3. The Labute approximate surface area is 86.5 Å². The topological polar surface area (TPSA) is 35.3 Å². The van der Waals surface area contributed by atoms with E-state index in [9.17, 15) is 4.39 Å². The fourth-order valence-corrected chi connectivity index (χ4v) is 1.23. The van der Waals surface area contributed by atoms with E-state index in [4.69, 9.17) is 9.15 Å². The van der Waals surface area contributed by atoms with Crippen LogP contribution in [0.25, 0.3) is 11.5 Å². The van der Waals surface area contributed by atoms with Crippen molar-refractivity contribution in [3.8, 4) is 17.4 Å². The number of nitrogens with zero attached hydrogens (tertiary/aromatic N) is 1. The number of rotatable bonds is 3. The van der Waals surface area contributed by atoms with Crippen LogP contribution in [-0.4, -0.2) is 11.6 Å². The first kappa shape index (κ1) is 9.71. The quantitative estimate of drug-likeness (QED) is 0.776. The summed E-state index contributed by atoms with van der Waals surface area (Å²) in [6.07, 6.45) is 1.44. The zero-order valence-corrected chi connectivity index (χ0v) is 8.24. The molecule has 0 unspecified atom stereocenters. The van der Waals surface area contributed by atoms with Crippen LogP contribution in [0.1, 0.15) is 6.92 Å². The molecule has 0 saturated heterocycles. The predicted molar refractivity (Wildman–Crippen MR) is 53.1 cm³/mol. The van der Waals surface area contributed by atoms with E-state index in [0.29, 0.717) is 18.1 Å². The molecular weight excluding hydrogens is 197 g/mol. The summed E-state index contributed by atoms with van der Waals surface area (Å²) in [5.41, 5.74) is 0.337. The molecule has 15 heavy (non-hydrogen) atoms. The lowest BCUT2D eigenvalue weighted by Gasteiger charge is -1.97. The summed E-state index contributed by atoms with van der Waals surface area (Å²) < 4.78 is 23.6. The normalized spacial score (nSPS) is 10.3. The Hall–Kier alpha value is -1.84. The number of halogens is 1. The molecule has 0 amide bonds. The van der Waals surface area contributed by atoms with Crippen LogP contribution in [0.4, 0.5) is 4.39 Å². The van der Waals surface area contributed by atoms with Gasteiger partial charge in [-0.25, -0.2) is 9.37 Å². The second-order valence-electron chi connectivity index (χ2n) is 2.90. The van der Waals surface area contributed by atoms with E-state index >= 15 is 0 Å². The highest BCUT2D eigenvalue weighted by Gasteiger charge is 2.10. The number of hydrogen-bond acceptors (Lipinski definition) is 3. The van der Waals surface area contributed by atoms with Gasteiger partial charge in [0.25, 0.3) is 0 Å². The Bertz CT molecular complexity index is 453. The molecule has 4 heteroatoms. The van der Waals surface area contributed by atoms with Crippen LogP contribution in [0.2, 0.25) is 0 Å². The molecule has 2 rings (SSSR count). The number of hydrogen-bond donors (Lipinski definition) is 0. The van der Waals surface area contributed by atoms with Gasteiger partial charge in [0.2, 0.25) is 5.89 Å². The van der Waals surface area contributed by atoms with Crippen molar-refractivity contribution in [1.29, 1.82) is 0 Å². The largest absolute Gasteiger partial charge is 0.464 e. The van der Waals surface area contributed by atoms with E-state index < -0.39 is 0 Å². The molecule has 78 valence electrons. The van der Waals surface area contributed by atoms with Gasteiger partial charge in [-0.3, -0.25) is 0 Å². The molecule has 0 spiro atoms. The van der Waals surface area contributed by atoms with Gasteiger partial charge in [-0.15, -0.1) is 0 Å². The summed E-state index contributed by atoms with van der Waals surface area (Å²) >= 11 is 0. The predicted octanol–water partition coefficient (Wildman–Crippen LogP) is 2.88. The first-order chi connectivity index (χ1) is 7.31. The summed E-state index contributed by atoms with van der Waals surface area (Å²) in [4.78, 5) is 3.93. The summed E-state index contributed by atoms with van der Waals surface area (Å²) in [5, 5.41) is 0. The van der Waals surface area contributed by atoms with E-state index in [-0.39, 0.29) is 11.7 Å². The molecule has 0 radical (unpaired) electrons. The average Bonchev–Trinajstić information content (AvgIpc) is 2.68. The van der Waals surface area contributed by atoms with Gasteiger partial charge < -0.3 is 9.15 Å². The van der Waals surface area contributed by atoms with Crippen molar-refractivity contribution in [1.82, 2.24) is 4.98 Å². The fraction of sp³-hybridized carbons (Fsp3) is 0.182. The maximum Gasteiger partial charge on any atom is 0.305 e. The van der Waals surface area contributed by atoms with Crippen LogP contribution in [0, 0.1) is 5.82 Å². The molecule has 2 aromatic rings. The van der Waals surface area contributed by atoms with Crippen LogP contribution < -0.4 is 4.74 Å². The van der Waals surface area contributed by atoms with Crippen LogP contribution >= 0.6 is 0 Å². The molecular formula is C11H10FNO2. The molecule has 0 aliphatic carbocycles. The summed E-state index contributed by atoms with van der Waals surface area (Å²) in [6, 6.07) is 6.31. The highest BCUT2D eigenvalue weighted by atomic mass is 19.1. The van der Waals surface area contributed by atoms with Crippen molar-refractivity contribution in [2.45, 2.75) is 6.92 Å². The van der Waals surface area contributed by atoms with E-state index in [1.54, 1.807) is 18.2 Å². The summed E-state index contributed by atoms with van der Waals surface area (Å²) in [7, 11) is 0. The Morgan fingerprint density at radius 1 is 1.40 bits per heavy atom. The molecule has 0 atom stereocenters. The molecule has 0 bridgehead atoms. The Morgan fingerprint density at radius 2 is 2.20 bits per heavy atom. The van der Waals surface area contributed by atoms with Gasteiger partial charge in [-0.2, -0.15) is 0 Å². The highest BCUT2D eigenvalue weighted by molar-refractivity contribution is 5.53.